The molecule has 4 N–H and O–H groups in total. The van der Waals surface area contributed by atoms with Crippen molar-refractivity contribution in [1.82, 2.24) is 9.96 Å². The Balaban J connectivity index is 1.76. The van der Waals surface area contributed by atoms with E-state index in [1.165, 1.54) is 54.9 Å². The number of amides is 1. The first-order valence-corrected chi connectivity index (χ1v) is 10.2. The van der Waals surface area contributed by atoms with Gasteiger partial charge in [-0.1, -0.05) is 0 Å². The summed E-state index contributed by atoms with van der Waals surface area (Å²) in [6.45, 7) is 1.67. The zero-order valence-corrected chi connectivity index (χ0v) is 16.7. The minimum Gasteiger partial charge on any atom is -0.322 e. The zero-order valence-electron chi connectivity index (χ0n) is 15.9. The molecule has 0 atom stereocenters. The lowest BCUT2D eigenvalue weighted by Gasteiger charge is -2.28. The SMILES string of the molecule is CC1=CN(/C=C/C(=O)Nc2ccc(S(N)(=O)=O)cc2)C(c2ccc(F)cc2)=CN1O. The Kier molecular flexibility index (Phi) is 6.01. The smallest absolute Gasteiger partial charge is 0.249 e. The van der Waals surface area contributed by atoms with Gasteiger partial charge < -0.3 is 10.2 Å². The Hall–Kier alpha value is -3.47. The van der Waals surface area contributed by atoms with Crippen molar-refractivity contribution in [3.05, 3.63) is 90.3 Å². The number of carbonyl (C=O) groups is 1. The average molecular weight is 430 g/mol. The maximum absolute atomic E-state index is 13.2. The fourth-order valence-electron chi connectivity index (χ4n) is 2.64. The van der Waals surface area contributed by atoms with Crippen molar-refractivity contribution in [3.63, 3.8) is 0 Å². The number of sulfonamides is 1. The molecule has 30 heavy (non-hydrogen) atoms. The number of allylic oxidation sites excluding steroid dienone is 1. The van der Waals surface area contributed by atoms with Crippen LogP contribution in [0, 0.1) is 5.82 Å². The lowest BCUT2D eigenvalue weighted by Crippen LogP contribution is -2.23. The minimum absolute atomic E-state index is 0.0624. The van der Waals surface area contributed by atoms with Gasteiger partial charge in [0, 0.05) is 29.7 Å². The average Bonchev–Trinajstić information content (AvgIpc) is 2.69. The van der Waals surface area contributed by atoms with Crippen LogP contribution >= 0.6 is 0 Å². The zero-order chi connectivity index (χ0) is 21.9. The Labute approximate surface area is 173 Å². The molecule has 0 saturated carbocycles. The lowest BCUT2D eigenvalue weighted by atomic mass is 10.1. The highest BCUT2D eigenvalue weighted by Crippen LogP contribution is 2.26. The summed E-state index contributed by atoms with van der Waals surface area (Å²) in [5, 5.41) is 18.5. The van der Waals surface area contributed by atoms with E-state index in [4.69, 9.17) is 5.14 Å². The maximum Gasteiger partial charge on any atom is 0.249 e. The number of hydrogen-bond donors (Lipinski definition) is 3. The summed E-state index contributed by atoms with van der Waals surface area (Å²) >= 11 is 0. The molecule has 0 radical (unpaired) electrons. The molecule has 0 aromatic heterocycles. The summed E-state index contributed by atoms with van der Waals surface area (Å²) < 4.78 is 35.8. The number of carbonyl (C=O) groups excluding carboxylic acids is 1. The van der Waals surface area contributed by atoms with Gasteiger partial charge in [0.05, 0.1) is 22.5 Å². The van der Waals surface area contributed by atoms with Crippen LogP contribution in [0.2, 0.25) is 0 Å². The van der Waals surface area contributed by atoms with E-state index in [0.717, 1.165) is 5.06 Å². The molecule has 0 bridgehead atoms. The van der Waals surface area contributed by atoms with Gasteiger partial charge in [0.1, 0.15) is 5.82 Å². The molecule has 0 spiro atoms. The predicted molar refractivity (Wildman–Crippen MR) is 109 cm³/mol. The molecule has 1 aliphatic rings. The maximum atomic E-state index is 13.2. The van der Waals surface area contributed by atoms with Gasteiger partial charge in [-0.3, -0.25) is 10.0 Å². The van der Waals surface area contributed by atoms with E-state index in [9.17, 15) is 22.8 Å². The fraction of sp³-hybridized carbons (Fsp3) is 0.0500. The summed E-state index contributed by atoms with van der Waals surface area (Å²) in [5.74, 6) is -0.855. The highest BCUT2D eigenvalue weighted by Gasteiger charge is 2.16. The standard InChI is InChI=1S/C20H19FN4O4S/c1-14-12-24(19(13-25(14)27)15-2-4-16(21)5-3-15)11-10-20(26)23-17-6-8-18(9-7-17)30(22,28)29/h2-13,27H,1H3,(H,23,26)(H2,22,28,29)/b11-10+. The molecule has 1 amide bonds. The Morgan fingerprint density at radius 1 is 1.10 bits per heavy atom. The van der Waals surface area contributed by atoms with Crippen LogP contribution in [0.1, 0.15) is 12.5 Å². The summed E-state index contributed by atoms with van der Waals surface area (Å²) in [6.07, 6.45) is 5.79. The van der Waals surface area contributed by atoms with E-state index in [0.29, 0.717) is 22.6 Å². The molecule has 156 valence electrons. The van der Waals surface area contributed by atoms with Crippen molar-refractivity contribution in [2.24, 2.45) is 5.14 Å². The summed E-state index contributed by atoms with van der Waals surface area (Å²) in [7, 11) is -3.81. The summed E-state index contributed by atoms with van der Waals surface area (Å²) in [6, 6.07) is 11.1. The second-order valence-corrected chi connectivity index (χ2v) is 7.98. The van der Waals surface area contributed by atoms with Crippen molar-refractivity contribution in [3.8, 4) is 0 Å². The highest BCUT2D eigenvalue weighted by atomic mass is 32.2. The number of anilines is 1. The van der Waals surface area contributed by atoms with Gasteiger partial charge in [0.15, 0.2) is 0 Å². The number of nitrogens with two attached hydrogens (primary N) is 1. The normalized spacial score (nSPS) is 14.5. The number of benzene rings is 2. The molecule has 1 heterocycles. The lowest BCUT2D eigenvalue weighted by molar-refractivity contribution is -0.111. The molecule has 0 fully saturated rings. The summed E-state index contributed by atoms with van der Waals surface area (Å²) in [4.78, 5) is 13.8. The fourth-order valence-corrected chi connectivity index (χ4v) is 3.16. The molecule has 10 heteroatoms. The number of primary sulfonamides is 1. The van der Waals surface area contributed by atoms with Crippen LogP contribution in [0.15, 0.2) is 83.8 Å². The van der Waals surface area contributed by atoms with Gasteiger partial charge in [0.25, 0.3) is 0 Å². The third kappa shape index (κ3) is 5.11. The van der Waals surface area contributed by atoms with E-state index in [1.54, 1.807) is 30.2 Å². The second kappa shape index (κ2) is 8.49. The second-order valence-electron chi connectivity index (χ2n) is 6.42. The van der Waals surface area contributed by atoms with Gasteiger partial charge in [-0.15, -0.1) is 0 Å². The van der Waals surface area contributed by atoms with E-state index in [1.807, 2.05) is 0 Å². The first-order chi connectivity index (χ1) is 14.1. The van der Waals surface area contributed by atoms with E-state index in [-0.39, 0.29) is 4.90 Å². The number of nitrogens with zero attached hydrogens (tertiary/aromatic N) is 2. The topological polar surface area (TPSA) is 116 Å². The van der Waals surface area contributed by atoms with Crippen molar-refractivity contribution >= 4 is 27.3 Å². The van der Waals surface area contributed by atoms with Gasteiger partial charge in [-0.05, 0) is 55.5 Å². The van der Waals surface area contributed by atoms with Crippen molar-refractivity contribution < 1.29 is 22.8 Å². The third-order valence-electron chi connectivity index (χ3n) is 4.19. The summed E-state index contributed by atoms with van der Waals surface area (Å²) in [5.41, 5.74) is 2.04. The molecular formula is C20H19FN4O4S. The molecular weight excluding hydrogens is 411 g/mol. The van der Waals surface area contributed by atoms with Crippen LogP contribution in [0.3, 0.4) is 0 Å². The molecule has 1 aliphatic heterocycles. The van der Waals surface area contributed by atoms with Crippen LogP contribution in [-0.4, -0.2) is 29.5 Å². The first-order valence-electron chi connectivity index (χ1n) is 8.68. The largest absolute Gasteiger partial charge is 0.322 e. The molecule has 3 rings (SSSR count). The van der Waals surface area contributed by atoms with Crippen LogP contribution in [-0.2, 0) is 14.8 Å². The van der Waals surface area contributed by atoms with Crippen LogP contribution < -0.4 is 10.5 Å². The molecule has 8 nitrogen and oxygen atoms in total. The van der Waals surface area contributed by atoms with Crippen molar-refractivity contribution in [1.29, 1.82) is 0 Å². The molecule has 0 aliphatic carbocycles. The van der Waals surface area contributed by atoms with Crippen molar-refractivity contribution in [2.45, 2.75) is 11.8 Å². The molecule has 0 unspecified atom stereocenters. The van der Waals surface area contributed by atoms with Gasteiger partial charge in [0.2, 0.25) is 15.9 Å². The number of hydrogen-bond acceptors (Lipinski definition) is 6. The third-order valence-corrected chi connectivity index (χ3v) is 5.12. The van der Waals surface area contributed by atoms with Crippen LogP contribution in [0.4, 0.5) is 10.1 Å². The monoisotopic (exact) mass is 430 g/mol. The van der Waals surface area contributed by atoms with Crippen LogP contribution in [0.5, 0.6) is 0 Å². The first kappa shape index (κ1) is 21.2. The van der Waals surface area contributed by atoms with Gasteiger partial charge >= 0.3 is 0 Å². The Morgan fingerprint density at radius 3 is 2.33 bits per heavy atom. The van der Waals surface area contributed by atoms with Gasteiger partial charge in [-0.2, -0.15) is 0 Å². The predicted octanol–water partition coefficient (Wildman–Crippen LogP) is 2.79. The number of rotatable bonds is 5. The quantitative estimate of drug-likeness (QED) is 0.628. The number of halogens is 1. The molecule has 2 aromatic rings. The number of nitrogens with one attached hydrogen (secondary N) is 1. The van der Waals surface area contributed by atoms with E-state index in [2.05, 4.69) is 5.32 Å². The van der Waals surface area contributed by atoms with E-state index < -0.39 is 21.7 Å². The van der Waals surface area contributed by atoms with E-state index >= 15 is 0 Å². The molecule has 2 aromatic carbocycles. The minimum atomic E-state index is -3.81. The highest BCUT2D eigenvalue weighted by molar-refractivity contribution is 7.89. The van der Waals surface area contributed by atoms with Crippen LogP contribution in [0.25, 0.3) is 5.70 Å². The molecule has 0 saturated heterocycles. The Morgan fingerprint density at radius 2 is 1.73 bits per heavy atom. The Bertz CT molecular complexity index is 1140. The van der Waals surface area contributed by atoms with Crippen molar-refractivity contribution in [2.75, 3.05) is 5.32 Å². The van der Waals surface area contributed by atoms with Gasteiger partial charge in [-0.25, -0.2) is 23.0 Å². The number of hydroxylamine groups is 2.